The molecule has 0 saturated carbocycles. The van der Waals surface area contributed by atoms with E-state index in [1.54, 1.807) is 32.0 Å². The van der Waals surface area contributed by atoms with E-state index in [4.69, 9.17) is 4.74 Å². The summed E-state index contributed by atoms with van der Waals surface area (Å²) in [6.07, 6.45) is 0.675. The van der Waals surface area contributed by atoms with Crippen LogP contribution in [0.5, 0.6) is 0 Å². The first-order chi connectivity index (χ1) is 15.7. The number of rotatable bonds is 11. The molecule has 1 atom stereocenters. The molecule has 3 N–H and O–H groups in total. The Morgan fingerprint density at radius 1 is 1.00 bits per heavy atom. The summed E-state index contributed by atoms with van der Waals surface area (Å²) in [4.78, 5) is 37.6. The smallest absolute Gasteiger partial charge is 0.257 e. The maximum atomic E-state index is 13.9. The molecule has 0 aliphatic heterocycles. The van der Waals surface area contributed by atoms with E-state index in [0.29, 0.717) is 37.4 Å². The third-order valence-corrected chi connectivity index (χ3v) is 4.77. The molecule has 0 spiro atoms. The first kappa shape index (κ1) is 25.9. The normalized spacial score (nSPS) is 11.7. The Morgan fingerprint density at radius 2 is 1.67 bits per heavy atom. The fourth-order valence-electron chi connectivity index (χ4n) is 3.04. The summed E-state index contributed by atoms with van der Waals surface area (Å²) in [5.41, 5.74) is -0.0549. The summed E-state index contributed by atoms with van der Waals surface area (Å²) in [5, 5.41) is 7.82. The zero-order valence-electron chi connectivity index (χ0n) is 18.9. The van der Waals surface area contributed by atoms with Crippen LogP contribution in [0.25, 0.3) is 0 Å². The van der Waals surface area contributed by atoms with Gasteiger partial charge in [0.1, 0.15) is 23.2 Å². The van der Waals surface area contributed by atoms with Crippen LogP contribution in [0, 0.1) is 17.6 Å². The molecule has 2 aromatic carbocycles. The van der Waals surface area contributed by atoms with Crippen molar-refractivity contribution < 1.29 is 27.9 Å². The molecule has 0 radical (unpaired) electrons. The number of amides is 3. The largest absolute Gasteiger partial charge is 0.382 e. The third-order valence-electron chi connectivity index (χ3n) is 4.77. The van der Waals surface area contributed by atoms with Crippen molar-refractivity contribution in [3.63, 3.8) is 0 Å². The van der Waals surface area contributed by atoms with Crippen LogP contribution in [0.1, 0.15) is 47.9 Å². The molecule has 9 heteroatoms. The molecule has 2 rings (SSSR count). The van der Waals surface area contributed by atoms with Crippen molar-refractivity contribution in [2.45, 2.75) is 33.2 Å². The number of hydrogen-bond donors (Lipinski definition) is 3. The average molecular weight is 462 g/mol. The van der Waals surface area contributed by atoms with E-state index in [-0.39, 0.29) is 11.8 Å². The van der Waals surface area contributed by atoms with E-state index in [1.807, 2.05) is 6.92 Å². The van der Waals surface area contributed by atoms with Gasteiger partial charge in [-0.15, -0.1) is 0 Å². The Balaban J connectivity index is 2.04. The summed E-state index contributed by atoms with van der Waals surface area (Å²) in [6, 6.07) is 8.35. The molecule has 178 valence electrons. The van der Waals surface area contributed by atoms with Crippen LogP contribution in [-0.2, 0) is 9.53 Å². The number of hydrogen-bond acceptors (Lipinski definition) is 4. The SMILES string of the molecule is CCOCCCNC(=O)c1cccc(NC(=O)C(NC(=O)c2c(F)cccc2F)C(C)C)c1. The lowest BCUT2D eigenvalue weighted by Crippen LogP contribution is -2.47. The standard InChI is InChI=1S/C24H29F2N3O4/c1-4-33-13-7-12-27-22(30)16-8-5-9-17(14-16)28-24(32)21(15(2)3)29-23(31)20-18(25)10-6-11-19(20)26/h5-6,8-11,14-15,21H,4,7,12-13H2,1-3H3,(H,27,30)(H,28,32)(H,29,31). The molecule has 0 aromatic heterocycles. The number of halogens is 2. The van der Waals surface area contributed by atoms with E-state index < -0.39 is 35.1 Å². The van der Waals surface area contributed by atoms with Gasteiger partial charge in [-0.3, -0.25) is 14.4 Å². The van der Waals surface area contributed by atoms with Gasteiger partial charge >= 0.3 is 0 Å². The van der Waals surface area contributed by atoms with Crippen molar-refractivity contribution in [3.8, 4) is 0 Å². The van der Waals surface area contributed by atoms with Crippen molar-refractivity contribution in [1.82, 2.24) is 10.6 Å². The minimum absolute atomic E-state index is 0.300. The lowest BCUT2D eigenvalue weighted by atomic mass is 10.0. The Bertz CT molecular complexity index is 962. The highest BCUT2D eigenvalue weighted by molar-refractivity contribution is 6.02. The zero-order valence-corrected chi connectivity index (χ0v) is 18.9. The third kappa shape index (κ3) is 7.64. The number of nitrogens with one attached hydrogen (secondary N) is 3. The van der Waals surface area contributed by atoms with Crippen LogP contribution in [-0.4, -0.2) is 43.5 Å². The van der Waals surface area contributed by atoms with Gasteiger partial charge < -0.3 is 20.7 Å². The van der Waals surface area contributed by atoms with Gasteiger partial charge in [0.15, 0.2) is 0 Å². The van der Waals surface area contributed by atoms with Gasteiger partial charge in [0.05, 0.1) is 0 Å². The molecule has 1 unspecified atom stereocenters. The molecular formula is C24H29F2N3O4. The van der Waals surface area contributed by atoms with E-state index in [1.165, 1.54) is 6.07 Å². The van der Waals surface area contributed by atoms with Gasteiger partial charge in [-0.25, -0.2) is 8.78 Å². The molecule has 0 aliphatic rings. The lowest BCUT2D eigenvalue weighted by Gasteiger charge is -2.22. The maximum Gasteiger partial charge on any atom is 0.257 e. The highest BCUT2D eigenvalue weighted by atomic mass is 19.1. The molecule has 0 heterocycles. The van der Waals surface area contributed by atoms with Gasteiger partial charge in [0.25, 0.3) is 11.8 Å². The molecule has 0 fully saturated rings. The van der Waals surface area contributed by atoms with Gasteiger partial charge in [-0.1, -0.05) is 26.0 Å². The summed E-state index contributed by atoms with van der Waals surface area (Å²) < 4.78 is 33.1. The van der Waals surface area contributed by atoms with Crippen molar-refractivity contribution in [1.29, 1.82) is 0 Å². The van der Waals surface area contributed by atoms with Crippen molar-refractivity contribution >= 4 is 23.4 Å². The minimum Gasteiger partial charge on any atom is -0.382 e. The van der Waals surface area contributed by atoms with Crippen molar-refractivity contribution in [3.05, 3.63) is 65.2 Å². The summed E-state index contributed by atoms with van der Waals surface area (Å²) >= 11 is 0. The van der Waals surface area contributed by atoms with Crippen molar-refractivity contribution in [2.75, 3.05) is 25.1 Å². The van der Waals surface area contributed by atoms with Gasteiger partial charge in [0.2, 0.25) is 5.91 Å². The van der Waals surface area contributed by atoms with Gasteiger partial charge in [0, 0.05) is 31.0 Å². The Kier molecular flexibility index (Phi) is 9.93. The second-order valence-electron chi connectivity index (χ2n) is 7.67. The zero-order chi connectivity index (χ0) is 24.4. The molecule has 3 amide bonds. The summed E-state index contributed by atoms with van der Waals surface area (Å²) in [5.74, 6) is -4.32. The predicted molar refractivity (Wildman–Crippen MR) is 121 cm³/mol. The van der Waals surface area contributed by atoms with Gasteiger partial charge in [-0.05, 0) is 49.6 Å². The molecule has 0 aliphatic carbocycles. The molecule has 2 aromatic rings. The predicted octanol–water partition coefficient (Wildman–Crippen LogP) is 3.51. The van der Waals surface area contributed by atoms with Crippen LogP contribution in [0.2, 0.25) is 0 Å². The van der Waals surface area contributed by atoms with Gasteiger partial charge in [-0.2, -0.15) is 0 Å². The van der Waals surface area contributed by atoms with E-state index in [0.717, 1.165) is 18.2 Å². The van der Waals surface area contributed by atoms with Crippen LogP contribution in [0.3, 0.4) is 0 Å². The first-order valence-electron chi connectivity index (χ1n) is 10.8. The Labute approximate surface area is 191 Å². The van der Waals surface area contributed by atoms with Crippen molar-refractivity contribution in [2.24, 2.45) is 5.92 Å². The monoisotopic (exact) mass is 461 g/mol. The minimum atomic E-state index is -1.06. The van der Waals surface area contributed by atoms with Crippen LogP contribution < -0.4 is 16.0 Å². The number of ether oxygens (including phenoxy) is 1. The first-order valence-corrected chi connectivity index (χ1v) is 10.8. The van der Waals surface area contributed by atoms with Crippen LogP contribution >= 0.6 is 0 Å². The molecular weight excluding hydrogens is 432 g/mol. The molecule has 0 bridgehead atoms. The number of anilines is 1. The maximum absolute atomic E-state index is 13.9. The fraction of sp³-hybridized carbons (Fsp3) is 0.375. The second-order valence-corrected chi connectivity index (χ2v) is 7.67. The van der Waals surface area contributed by atoms with E-state index in [9.17, 15) is 23.2 Å². The van der Waals surface area contributed by atoms with E-state index >= 15 is 0 Å². The average Bonchev–Trinajstić information content (AvgIpc) is 2.77. The molecule has 33 heavy (non-hydrogen) atoms. The fourth-order valence-corrected chi connectivity index (χ4v) is 3.04. The summed E-state index contributed by atoms with van der Waals surface area (Å²) in [6.45, 7) is 6.88. The quantitative estimate of drug-likeness (QED) is 0.446. The number of carbonyl (C=O) groups excluding carboxylic acids is 3. The lowest BCUT2D eigenvalue weighted by molar-refractivity contribution is -0.118. The number of carbonyl (C=O) groups is 3. The number of benzene rings is 2. The topological polar surface area (TPSA) is 96.5 Å². The summed E-state index contributed by atoms with van der Waals surface area (Å²) in [7, 11) is 0. The Hall–Kier alpha value is -3.33. The van der Waals surface area contributed by atoms with Crippen LogP contribution in [0.15, 0.2) is 42.5 Å². The van der Waals surface area contributed by atoms with E-state index in [2.05, 4.69) is 16.0 Å². The second kappa shape index (κ2) is 12.6. The highest BCUT2D eigenvalue weighted by Gasteiger charge is 2.27. The molecule has 0 saturated heterocycles. The molecule has 7 nitrogen and oxygen atoms in total. The highest BCUT2D eigenvalue weighted by Crippen LogP contribution is 2.15. The van der Waals surface area contributed by atoms with Crippen LogP contribution in [0.4, 0.5) is 14.5 Å². The Morgan fingerprint density at radius 3 is 2.30 bits per heavy atom.